The van der Waals surface area contributed by atoms with Crippen LogP contribution in [-0.2, 0) is 0 Å². The lowest BCUT2D eigenvalue weighted by atomic mass is 9.91. The van der Waals surface area contributed by atoms with Crippen LogP contribution in [0.1, 0.15) is 71.1 Å². The van der Waals surface area contributed by atoms with Crippen molar-refractivity contribution in [2.24, 2.45) is 5.92 Å². The third-order valence-corrected chi connectivity index (χ3v) is 4.29. The molecule has 1 atom stereocenters. The molecule has 0 radical (unpaired) electrons. The van der Waals surface area contributed by atoms with E-state index in [1.807, 2.05) is 0 Å². The summed E-state index contributed by atoms with van der Waals surface area (Å²) >= 11 is 0. The van der Waals surface area contributed by atoms with Gasteiger partial charge in [-0.15, -0.1) is 0 Å². The highest BCUT2D eigenvalue weighted by Crippen LogP contribution is 2.37. The first-order valence-corrected chi connectivity index (χ1v) is 7.24. The summed E-state index contributed by atoms with van der Waals surface area (Å²) in [5, 5.41) is 0. The van der Waals surface area contributed by atoms with Crippen molar-refractivity contribution in [3.05, 3.63) is 23.3 Å². The van der Waals surface area contributed by atoms with Gasteiger partial charge >= 0.3 is 0 Å². The van der Waals surface area contributed by atoms with Gasteiger partial charge in [0.25, 0.3) is 0 Å². The fourth-order valence-electron chi connectivity index (χ4n) is 3.31. The largest absolute Gasteiger partial charge is 0.0843 e. The molecule has 0 aromatic heterocycles. The second-order valence-electron chi connectivity index (χ2n) is 5.54. The van der Waals surface area contributed by atoms with Gasteiger partial charge in [-0.1, -0.05) is 49.0 Å². The summed E-state index contributed by atoms with van der Waals surface area (Å²) in [4.78, 5) is 0. The van der Waals surface area contributed by atoms with Crippen molar-refractivity contribution in [1.82, 2.24) is 0 Å². The van der Waals surface area contributed by atoms with Crippen LogP contribution in [0.15, 0.2) is 23.3 Å². The van der Waals surface area contributed by atoms with Crippen LogP contribution in [0.3, 0.4) is 0 Å². The average Bonchev–Trinajstić information content (AvgIpc) is 2.73. The molecule has 2 aliphatic rings. The van der Waals surface area contributed by atoms with Gasteiger partial charge in [-0.2, -0.15) is 0 Å². The van der Waals surface area contributed by atoms with Crippen molar-refractivity contribution in [3.63, 3.8) is 0 Å². The van der Waals surface area contributed by atoms with Gasteiger partial charge in [-0.3, -0.25) is 0 Å². The van der Waals surface area contributed by atoms with Crippen molar-refractivity contribution < 1.29 is 0 Å². The van der Waals surface area contributed by atoms with Crippen LogP contribution < -0.4 is 0 Å². The van der Waals surface area contributed by atoms with Crippen molar-refractivity contribution >= 4 is 0 Å². The number of hydrogen-bond donors (Lipinski definition) is 0. The van der Waals surface area contributed by atoms with E-state index in [0.717, 1.165) is 5.92 Å². The third kappa shape index (κ3) is 3.23. The van der Waals surface area contributed by atoms with Gasteiger partial charge in [0.05, 0.1) is 0 Å². The molecule has 0 aromatic rings. The maximum Gasteiger partial charge on any atom is -0.0197 e. The van der Waals surface area contributed by atoms with E-state index < -0.39 is 0 Å². The first-order valence-electron chi connectivity index (χ1n) is 7.24. The lowest BCUT2D eigenvalue weighted by molar-refractivity contribution is 0.508. The van der Waals surface area contributed by atoms with Gasteiger partial charge in [0.15, 0.2) is 0 Å². The quantitative estimate of drug-likeness (QED) is 0.510. The Morgan fingerprint density at radius 2 is 1.69 bits per heavy atom. The lowest BCUT2D eigenvalue weighted by Gasteiger charge is -2.14. The van der Waals surface area contributed by atoms with Crippen molar-refractivity contribution in [1.29, 1.82) is 0 Å². The zero-order valence-electron chi connectivity index (χ0n) is 10.8. The van der Waals surface area contributed by atoms with Crippen LogP contribution in [0.25, 0.3) is 0 Å². The van der Waals surface area contributed by atoms with E-state index in [9.17, 15) is 0 Å². The van der Waals surface area contributed by atoms with Gasteiger partial charge in [0.1, 0.15) is 0 Å². The Bertz CT molecular complexity index is 270. The molecule has 0 spiro atoms. The fraction of sp³-hybridized carbons (Fsp3) is 0.750. The predicted molar refractivity (Wildman–Crippen MR) is 71.5 cm³/mol. The Balaban J connectivity index is 2.06. The zero-order chi connectivity index (χ0) is 11.2. The van der Waals surface area contributed by atoms with Gasteiger partial charge in [-0.05, 0) is 51.4 Å². The van der Waals surface area contributed by atoms with Gasteiger partial charge in [0, 0.05) is 0 Å². The SMILES string of the molecule is CC1=C2\CCCC2CCCCCCC/C=C\1. The predicted octanol–water partition coefficient (Wildman–Crippen LogP) is 5.40. The first kappa shape index (κ1) is 12.0. The molecule has 0 heterocycles. The number of allylic oxidation sites excluding steroid dienone is 4. The van der Waals surface area contributed by atoms with E-state index in [-0.39, 0.29) is 0 Å². The number of fused-ring (bicyclic) bond motifs is 1. The molecule has 0 amide bonds. The Labute approximate surface area is 101 Å². The van der Waals surface area contributed by atoms with Gasteiger partial charge in [-0.25, -0.2) is 0 Å². The Kier molecular flexibility index (Phi) is 4.69. The standard InChI is InChI=1S/C16H26/c1-14-10-7-5-3-2-4-6-8-11-15-12-9-13-16(14)15/h7,10,15H,2-6,8-9,11-13H2,1H3/b10-7-,16-14-. The number of hydrogen-bond acceptors (Lipinski definition) is 0. The van der Waals surface area contributed by atoms with Crippen molar-refractivity contribution in [2.45, 2.75) is 71.1 Å². The maximum atomic E-state index is 2.40. The topological polar surface area (TPSA) is 0 Å². The Morgan fingerprint density at radius 3 is 2.62 bits per heavy atom. The van der Waals surface area contributed by atoms with E-state index in [2.05, 4.69) is 19.1 Å². The molecule has 2 aliphatic carbocycles. The summed E-state index contributed by atoms with van der Waals surface area (Å²) in [6, 6.07) is 0. The summed E-state index contributed by atoms with van der Waals surface area (Å²) in [7, 11) is 0. The zero-order valence-corrected chi connectivity index (χ0v) is 10.8. The second kappa shape index (κ2) is 6.27. The van der Waals surface area contributed by atoms with E-state index in [1.54, 1.807) is 11.1 Å². The molecule has 1 saturated carbocycles. The molecular formula is C16H26. The Hall–Kier alpha value is -0.520. The van der Waals surface area contributed by atoms with E-state index in [0.29, 0.717) is 0 Å². The van der Waals surface area contributed by atoms with Crippen LogP contribution in [0.5, 0.6) is 0 Å². The molecule has 0 aromatic carbocycles. The highest BCUT2D eigenvalue weighted by molar-refractivity contribution is 5.27. The average molecular weight is 218 g/mol. The molecule has 90 valence electrons. The summed E-state index contributed by atoms with van der Waals surface area (Å²) < 4.78 is 0. The summed E-state index contributed by atoms with van der Waals surface area (Å²) in [5.41, 5.74) is 3.37. The van der Waals surface area contributed by atoms with Gasteiger partial charge in [0.2, 0.25) is 0 Å². The lowest BCUT2D eigenvalue weighted by Crippen LogP contribution is -1.99. The maximum absolute atomic E-state index is 2.40. The molecule has 1 fully saturated rings. The second-order valence-corrected chi connectivity index (χ2v) is 5.54. The molecule has 0 N–H and O–H groups in total. The smallest absolute Gasteiger partial charge is 0.0197 e. The summed E-state index contributed by atoms with van der Waals surface area (Å²) in [5.74, 6) is 0.934. The molecule has 1 unspecified atom stereocenters. The van der Waals surface area contributed by atoms with Crippen molar-refractivity contribution in [2.75, 3.05) is 0 Å². The minimum absolute atomic E-state index is 0.934. The third-order valence-electron chi connectivity index (χ3n) is 4.29. The molecule has 0 bridgehead atoms. The molecule has 0 aliphatic heterocycles. The monoisotopic (exact) mass is 218 g/mol. The molecule has 2 rings (SSSR count). The van der Waals surface area contributed by atoms with E-state index in [4.69, 9.17) is 0 Å². The molecule has 0 saturated heterocycles. The molecule has 0 nitrogen and oxygen atoms in total. The number of rotatable bonds is 0. The van der Waals surface area contributed by atoms with E-state index >= 15 is 0 Å². The normalized spacial score (nSPS) is 34.9. The molecule has 0 heteroatoms. The molecule has 16 heavy (non-hydrogen) atoms. The summed E-state index contributed by atoms with van der Waals surface area (Å²) in [6.07, 6.45) is 19.0. The Morgan fingerprint density at radius 1 is 0.938 bits per heavy atom. The van der Waals surface area contributed by atoms with Crippen LogP contribution in [0.2, 0.25) is 0 Å². The van der Waals surface area contributed by atoms with E-state index in [1.165, 1.54) is 64.2 Å². The fourth-order valence-corrected chi connectivity index (χ4v) is 3.31. The first-order chi connectivity index (χ1) is 7.88. The minimum atomic E-state index is 0.934. The van der Waals surface area contributed by atoms with Crippen LogP contribution >= 0.6 is 0 Å². The van der Waals surface area contributed by atoms with Gasteiger partial charge < -0.3 is 0 Å². The highest BCUT2D eigenvalue weighted by atomic mass is 14.3. The summed E-state index contributed by atoms with van der Waals surface area (Å²) in [6.45, 7) is 2.33. The van der Waals surface area contributed by atoms with Crippen LogP contribution in [0, 0.1) is 5.92 Å². The van der Waals surface area contributed by atoms with Crippen molar-refractivity contribution in [3.8, 4) is 0 Å². The van der Waals surface area contributed by atoms with Crippen LogP contribution in [0.4, 0.5) is 0 Å². The highest BCUT2D eigenvalue weighted by Gasteiger charge is 2.21. The minimum Gasteiger partial charge on any atom is -0.0843 e. The molecular weight excluding hydrogens is 192 g/mol. The van der Waals surface area contributed by atoms with Crippen LogP contribution in [-0.4, -0.2) is 0 Å².